The Labute approximate surface area is 146 Å². The average molecular weight is 366 g/mol. The largest absolute Gasteiger partial charge is 0.491 e. The zero-order chi connectivity index (χ0) is 18.1. The highest BCUT2D eigenvalue weighted by molar-refractivity contribution is 7.15. The van der Waals surface area contributed by atoms with E-state index in [0.717, 1.165) is 4.88 Å². The van der Waals surface area contributed by atoms with Crippen molar-refractivity contribution in [3.8, 4) is 27.3 Å². The van der Waals surface area contributed by atoms with Crippen molar-refractivity contribution in [3.63, 3.8) is 0 Å². The van der Waals surface area contributed by atoms with E-state index in [0.29, 0.717) is 4.88 Å². The van der Waals surface area contributed by atoms with Crippen molar-refractivity contribution in [2.45, 2.75) is 13.8 Å². The van der Waals surface area contributed by atoms with Gasteiger partial charge in [-0.1, -0.05) is 6.07 Å². The Kier molecular flexibility index (Phi) is 4.81. The fourth-order valence-corrected chi connectivity index (χ4v) is 3.42. The summed E-state index contributed by atoms with van der Waals surface area (Å²) in [5, 5.41) is 0. The molecule has 130 valence electrons. The number of benzene rings is 2. The predicted molar refractivity (Wildman–Crippen MR) is 90.9 cm³/mol. The molecular weight excluding hydrogens is 352 g/mol. The van der Waals surface area contributed by atoms with E-state index in [1.807, 2.05) is 6.92 Å². The third-order valence-electron chi connectivity index (χ3n) is 3.73. The van der Waals surface area contributed by atoms with Crippen LogP contribution in [0.2, 0.25) is 0 Å². The second-order valence-electron chi connectivity index (χ2n) is 5.37. The van der Waals surface area contributed by atoms with Crippen LogP contribution in [-0.2, 0) is 0 Å². The lowest BCUT2D eigenvalue weighted by Crippen LogP contribution is -2.00. The number of hydrogen-bond donors (Lipinski definition) is 0. The van der Waals surface area contributed by atoms with E-state index in [9.17, 15) is 17.6 Å². The monoisotopic (exact) mass is 366 g/mol. The highest BCUT2D eigenvalue weighted by Gasteiger charge is 2.22. The van der Waals surface area contributed by atoms with Gasteiger partial charge in [0, 0.05) is 26.4 Å². The maximum absolute atomic E-state index is 14.5. The van der Waals surface area contributed by atoms with Gasteiger partial charge >= 0.3 is 0 Å². The fraction of sp³-hybridized carbons (Fsp3) is 0.158. The van der Waals surface area contributed by atoms with E-state index in [-0.39, 0.29) is 29.0 Å². The number of hydrogen-bond acceptors (Lipinski definition) is 2. The molecule has 0 amide bonds. The summed E-state index contributed by atoms with van der Waals surface area (Å²) in [4.78, 5) is 1.53. The average Bonchev–Trinajstić information content (AvgIpc) is 3.01. The van der Waals surface area contributed by atoms with Gasteiger partial charge in [-0.25, -0.2) is 13.2 Å². The van der Waals surface area contributed by atoms with Gasteiger partial charge in [-0.3, -0.25) is 0 Å². The molecule has 0 aliphatic rings. The summed E-state index contributed by atoms with van der Waals surface area (Å²) >= 11 is 1.32. The Hall–Kier alpha value is -2.34. The van der Waals surface area contributed by atoms with E-state index in [2.05, 4.69) is 0 Å². The molecular formula is C19H14F4OS. The molecule has 3 rings (SSSR count). The zero-order valence-electron chi connectivity index (χ0n) is 13.5. The van der Waals surface area contributed by atoms with Crippen molar-refractivity contribution in [2.24, 2.45) is 0 Å². The molecule has 0 N–H and O–H groups in total. The first-order chi connectivity index (χ1) is 11.9. The minimum Gasteiger partial charge on any atom is -0.491 e. The minimum atomic E-state index is -1.27. The third kappa shape index (κ3) is 3.14. The molecule has 0 saturated carbocycles. The van der Waals surface area contributed by atoms with E-state index in [4.69, 9.17) is 4.74 Å². The summed E-state index contributed by atoms with van der Waals surface area (Å²) < 4.78 is 62.2. The molecule has 6 heteroatoms. The first-order valence-corrected chi connectivity index (χ1v) is 8.41. The van der Waals surface area contributed by atoms with Crippen LogP contribution in [0.3, 0.4) is 0 Å². The molecule has 0 bridgehead atoms. The smallest absolute Gasteiger partial charge is 0.201 e. The molecule has 0 radical (unpaired) electrons. The van der Waals surface area contributed by atoms with Crippen molar-refractivity contribution in [1.29, 1.82) is 0 Å². The third-order valence-corrected chi connectivity index (χ3v) is 4.76. The molecule has 0 atom stereocenters. The molecule has 2 aromatic carbocycles. The van der Waals surface area contributed by atoms with Crippen molar-refractivity contribution in [1.82, 2.24) is 0 Å². The van der Waals surface area contributed by atoms with Gasteiger partial charge in [0.2, 0.25) is 5.82 Å². The molecule has 1 nitrogen and oxygen atoms in total. The van der Waals surface area contributed by atoms with Crippen molar-refractivity contribution < 1.29 is 22.3 Å². The van der Waals surface area contributed by atoms with Crippen LogP contribution in [0.1, 0.15) is 11.8 Å². The van der Waals surface area contributed by atoms with Crippen molar-refractivity contribution in [3.05, 3.63) is 64.5 Å². The molecule has 3 aromatic rings. The highest BCUT2D eigenvalue weighted by atomic mass is 32.1. The van der Waals surface area contributed by atoms with Gasteiger partial charge in [0.1, 0.15) is 0 Å². The highest BCUT2D eigenvalue weighted by Crippen LogP contribution is 2.36. The first kappa shape index (κ1) is 17.5. The Morgan fingerprint density at radius 2 is 1.32 bits per heavy atom. The standard InChI is InChI=1S/C19H14F4OS/c1-3-24-14-8-7-12(17(21)19(14)23)11-5-6-13(18(22)16(11)20)15-9-4-10(2)25-15/h4-9H,3H2,1-2H3. The van der Waals surface area contributed by atoms with Crippen LogP contribution in [0.5, 0.6) is 5.75 Å². The second kappa shape index (κ2) is 6.88. The van der Waals surface area contributed by atoms with E-state index in [1.165, 1.54) is 35.6 Å². The lowest BCUT2D eigenvalue weighted by molar-refractivity contribution is 0.314. The molecule has 0 aliphatic carbocycles. The Morgan fingerprint density at radius 3 is 1.92 bits per heavy atom. The number of ether oxygens (including phenoxy) is 1. The lowest BCUT2D eigenvalue weighted by atomic mass is 10.0. The summed E-state index contributed by atoms with van der Waals surface area (Å²) in [6, 6.07) is 8.48. The predicted octanol–water partition coefficient (Wildman–Crippen LogP) is 6.35. The second-order valence-corrected chi connectivity index (χ2v) is 6.66. The normalized spacial score (nSPS) is 11.0. The van der Waals surface area contributed by atoms with Crippen LogP contribution in [0.15, 0.2) is 36.4 Å². The molecule has 0 spiro atoms. The summed E-state index contributed by atoms with van der Waals surface area (Å²) in [6.07, 6.45) is 0. The Morgan fingerprint density at radius 1 is 0.760 bits per heavy atom. The Balaban J connectivity index is 2.10. The molecule has 0 fully saturated rings. The lowest BCUT2D eigenvalue weighted by Gasteiger charge is -2.11. The van der Waals surface area contributed by atoms with Crippen molar-refractivity contribution in [2.75, 3.05) is 6.61 Å². The Bertz CT molecular complexity index is 933. The van der Waals surface area contributed by atoms with Crippen LogP contribution in [0, 0.1) is 30.2 Å². The van der Waals surface area contributed by atoms with Gasteiger partial charge in [-0.15, -0.1) is 11.3 Å². The van der Waals surface area contributed by atoms with Crippen LogP contribution < -0.4 is 4.74 Å². The zero-order valence-corrected chi connectivity index (χ0v) is 14.3. The van der Waals surface area contributed by atoms with Gasteiger partial charge in [-0.2, -0.15) is 4.39 Å². The van der Waals surface area contributed by atoms with Gasteiger partial charge in [0.15, 0.2) is 23.2 Å². The quantitative estimate of drug-likeness (QED) is 0.489. The number of halogens is 4. The minimum absolute atomic E-state index is 0.0890. The van der Waals surface area contributed by atoms with E-state index < -0.39 is 23.3 Å². The van der Waals surface area contributed by atoms with Crippen LogP contribution >= 0.6 is 11.3 Å². The molecule has 0 unspecified atom stereocenters. The summed E-state index contributed by atoms with van der Waals surface area (Å²) in [5.41, 5.74) is -0.605. The molecule has 0 saturated heterocycles. The first-order valence-electron chi connectivity index (χ1n) is 7.60. The summed E-state index contributed by atoms with van der Waals surface area (Å²) in [6.45, 7) is 3.65. The van der Waals surface area contributed by atoms with Crippen LogP contribution in [0.25, 0.3) is 21.6 Å². The maximum atomic E-state index is 14.5. The molecule has 1 heterocycles. The molecule has 1 aromatic heterocycles. The summed E-state index contributed by atoms with van der Waals surface area (Å²) in [7, 11) is 0. The van der Waals surface area contributed by atoms with Gasteiger partial charge in [0.25, 0.3) is 0 Å². The van der Waals surface area contributed by atoms with Crippen LogP contribution in [0.4, 0.5) is 17.6 Å². The number of thiophene rings is 1. The SMILES string of the molecule is CCOc1ccc(-c2ccc(-c3ccc(C)s3)c(F)c2F)c(F)c1F. The number of aryl methyl sites for hydroxylation is 1. The van der Waals surface area contributed by atoms with Crippen molar-refractivity contribution >= 4 is 11.3 Å². The van der Waals surface area contributed by atoms with Gasteiger partial charge < -0.3 is 4.74 Å². The number of rotatable bonds is 4. The van der Waals surface area contributed by atoms with Gasteiger partial charge in [-0.05, 0) is 44.2 Å². The maximum Gasteiger partial charge on any atom is 0.201 e. The van der Waals surface area contributed by atoms with E-state index >= 15 is 0 Å². The summed E-state index contributed by atoms with van der Waals surface area (Å²) in [5.74, 6) is -5.07. The van der Waals surface area contributed by atoms with Crippen LogP contribution in [-0.4, -0.2) is 6.61 Å². The molecule has 25 heavy (non-hydrogen) atoms. The molecule has 0 aliphatic heterocycles. The van der Waals surface area contributed by atoms with E-state index in [1.54, 1.807) is 19.1 Å². The topological polar surface area (TPSA) is 9.23 Å². The van der Waals surface area contributed by atoms with Gasteiger partial charge in [0.05, 0.1) is 6.61 Å². The fourth-order valence-electron chi connectivity index (χ4n) is 2.53.